The molecule has 0 aliphatic carbocycles. The van der Waals surface area contributed by atoms with Crippen molar-refractivity contribution in [1.29, 1.82) is 0 Å². The van der Waals surface area contributed by atoms with Gasteiger partial charge in [0.05, 0.1) is 13.2 Å². The van der Waals surface area contributed by atoms with E-state index in [4.69, 9.17) is 4.74 Å². The van der Waals surface area contributed by atoms with E-state index in [2.05, 4.69) is 50.2 Å². The van der Waals surface area contributed by atoms with Crippen LogP contribution < -0.4 is 5.32 Å². The summed E-state index contributed by atoms with van der Waals surface area (Å²) in [7, 11) is 2.04. The van der Waals surface area contributed by atoms with Crippen LogP contribution in [0.25, 0.3) is 0 Å². The summed E-state index contributed by atoms with van der Waals surface area (Å²) in [5.41, 5.74) is 1.24. The average molecular weight is 470 g/mol. The van der Waals surface area contributed by atoms with E-state index in [1.165, 1.54) is 5.56 Å². The van der Waals surface area contributed by atoms with Crippen molar-refractivity contribution >= 4 is 45.9 Å². The molecule has 0 aliphatic rings. The van der Waals surface area contributed by atoms with Gasteiger partial charge in [-0.3, -0.25) is 4.99 Å². The van der Waals surface area contributed by atoms with E-state index in [0.717, 1.165) is 30.1 Å². The molecule has 0 saturated heterocycles. The number of nitrogens with one attached hydrogen (secondary N) is 1. The van der Waals surface area contributed by atoms with Gasteiger partial charge in [-0.2, -0.15) is 0 Å². The topological polar surface area (TPSA) is 36.9 Å². The van der Waals surface area contributed by atoms with E-state index in [-0.39, 0.29) is 24.0 Å². The first kappa shape index (κ1) is 20.7. The number of rotatable bonds is 7. The highest BCUT2D eigenvalue weighted by Crippen LogP contribution is 2.17. The number of guanidine groups is 1. The molecular weight excluding hydrogens is 445 g/mol. The summed E-state index contributed by atoms with van der Waals surface area (Å²) in [6.07, 6.45) is 0. The zero-order valence-corrected chi connectivity index (χ0v) is 16.9. The summed E-state index contributed by atoms with van der Waals surface area (Å²) >= 11 is 3.58. The summed E-state index contributed by atoms with van der Waals surface area (Å²) in [4.78, 5) is 6.69. The fraction of sp³-hybridized carbons (Fsp3) is 0.533. The third-order valence-corrected chi connectivity index (χ3v) is 3.54. The second-order valence-corrected chi connectivity index (χ2v) is 5.23. The zero-order valence-electron chi connectivity index (χ0n) is 12.9. The van der Waals surface area contributed by atoms with Gasteiger partial charge in [0.25, 0.3) is 0 Å². The summed E-state index contributed by atoms with van der Waals surface area (Å²) in [6, 6.07) is 8.24. The average Bonchev–Trinajstić information content (AvgIpc) is 2.44. The van der Waals surface area contributed by atoms with E-state index < -0.39 is 0 Å². The van der Waals surface area contributed by atoms with Gasteiger partial charge in [0.2, 0.25) is 0 Å². The van der Waals surface area contributed by atoms with Crippen molar-refractivity contribution in [2.75, 3.05) is 33.4 Å². The highest BCUT2D eigenvalue weighted by Gasteiger charge is 2.08. The van der Waals surface area contributed by atoms with Crippen molar-refractivity contribution < 1.29 is 4.74 Å². The SMILES string of the molecule is CCNC(=NCCOCC)N(C)Cc1ccccc1Br.I. The van der Waals surface area contributed by atoms with Crippen molar-refractivity contribution in [3.8, 4) is 0 Å². The van der Waals surface area contributed by atoms with E-state index in [9.17, 15) is 0 Å². The molecular formula is C15H25BrIN3O. The molecule has 6 heteroatoms. The number of aliphatic imine (C=N–C) groups is 1. The molecule has 0 radical (unpaired) electrons. The second-order valence-electron chi connectivity index (χ2n) is 4.38. The van der Waals surface area contributed by atoms with Gasteiger partial charge in [-0.1, -0.05) is 34.1 Å². The second kappa shape index (κ2) is 12.2. The Labute approximate surface area is 153 Å². The van der Waals surface area contributed by atoms with Gasteiger partial charge in [0.15, 0.2) is 5.96 Å². The maximum atomic E-state index is 5.32. The lowest BCUT2D eigenvalue weighted by atomic mass is 10.2. The van der Waals surface area contributed by atoms with Crippen LogP contribution in [0.15, 0.2) is 33.7 Å². The Morgan fingerprint density at radius 1 is 1.33 bits per heavy atom. The summed E-state index contributed by atoms with van der Waals surface area (Å²) < 4.78 is 6.44. The van der Waals surface area contributed by atoms with Crippen molar-refractivity contribution in [2.24, 2.45) is 4.99 Å². The molecule has 0 amide bonds. The maximum Gasteiger partial charge on any atom is 0.194 e. The summed E-state index contributed by atoms with van der Waals surface area (Å²) in [5, 5.41) is 3.30. The Bertz CT molecular complexity index is 429. The van der Waals surface area contributed by atoms with Crippen LogP contribution in [0, 0.1) is 0 Å². The predicted octanol–water partition coefficient (Wildman–Crippen LogP) is 3.50. The van der Waals surface area contributed by atoms with Gasteiger partial charge in [-0.05, 0) is 25.5 Å². The minimum atomic E-state index is 0. The highest BCUT2D eigenvalue weighted by atomic mass is 127. The van der Waals surface area contributed by atoms with Crippen LogP contribution in [0.3, 0.4) is 0 Å². The number of benzene rings is 1. The summed E-state index contributed by atoms with van der Waals surface area (Å²) in [6.45, 7) is 7.80. The molecule has 1 aromatic carbocycles. The van der Waals surface area contributed by atoms with Gasteiger partial charge < -0.3 is 15.0 Å². The number of hydrogen-bond acceptors (Lipinski definition) is 2. The van der Waals surface area contributed by atoms with E-state index in [1.54, 1.807) is 0 Å². The van der Waals surface area contributed by atoms with E-state index in [1.807, 2.05) is 26.1 Å². The molecule has 0 aromatic heterocycles. The van der Waals surface area contributed by atoms with Crippen LogP contribution in [0.1, 0.15) is 19.4 Å². The quantitative estimate of drug-likeness (QED) is 0.287. The van der Waals surface area contributed by atoms with Crippen molar-refractivity contribution in [1.82, 2.24) is 10.2 Å². The van der Waals surface area contributed by atoms with Crippen LogP contribution in [0.2, 0.25) is 0 Å². The Kier molecular flexibility index (Phi) is 12.0. The number of hydrogen-bond donors (Lipinski definition) is 1. The van der Waals surface area contributed by atoms with Crippen molar-refractivity contribution in [3.63, 3.8) is 0 Å². The lowest BCUT2D eigenvalue weighted by molar-refractivity contribution is 0.155. The molecule has 0 unspecified atom stereocenters. The molecule has 1 rings (SSSR count). The molecule has 0 bridgehead atoms. The maximum absolute atomic E-state index is 5.32. The molecule has 0 heterocycles. The molecule has 21 heavy (non-hydrogen) atoms. The first-order chi connectivity index (χ1) is 9.69. The highest BCUT2D eigenvalue weighted by molar-refractivity contribution is 14.0. The molecule has 0 spiro atoms. The number of nitrogens with zero attached hydrogens (tertiary/aromatic N) is 2. The molecule has 4 nitrogen and oxygen atoms in total. The van der Waals surface area contributed by atoms with Crippen molar-refractivity contribution in [2.45, 2.75) is 20.4 Å². The van der Waals surface area contributed by atoms with Crippen LogP contribution in [-0.2, 0) is 11.3 Å². The molecule has 0 aliphatic heterocycles. The lowest BCUT2D eigenvalue weighted by Crippen LogP contribution is -2.38. The normalized spacial score (nSPS) is 11.0. The zero-order chi connectivity index (χ0) is 14.8. The van der Waals surface area contributed by atoms with Crippen LogP contribution >= 0.6 is 39.9 Å². The lowest BCUT2D eigenvalue weighted by Gasteiger charge is -2.22. The van der Waals surface area contributed by atoms with Gasteiger partial charge in [0.1, 0.15) is 0 Å². The Balaban J connectivity index is 0.00000400. The monoisotopic (exact) mass is 469 g/mol. The van der Waals surface area contributed by atoms with Gasteiger partial charge in [-0.25, -0.2) is 0 Å². The Morgan fingerprint density at radius 3 is 2.67 bits per heavy atom. The van der Waals surface area contributed by atoms with Crippen LogP contribution in [0.5, 0.6) is 0 Å². The first-order valence-electron chi connectivity index (χ1n) is 6.99. The molecule has 1 N–H and O–H groups in total. The minimum absolute atomic E-state index is 0. The molecule has 1 aromatic rings. The molecule has 0 atom stereocenters. The van der Waals surface area contributed by atoms with Gasteiger partial charge in [-0.15, -0.1) is 24.0 Å². The van der Waals surface area contributed by atoms with E-state index >= 15 is 0 Å². The largest absolute Gasteiger partial charge is 0.380 e. The predicted molar refractivity (Wildman–Crippen MR) is 103 cm³/mol. The number of ether oxygens (including phenoxy) is 1. The minimum Gasteiger partial charge on any atom is -0.380 e. The first-order valence-corrected chi connectivity index (χ1v) is 7.78. The number of halogens is 2. The third-order valence-electron chi connectivity index (χ3n) is 2.76. The fourth-order valence-electron chi connectivity index (χ4n) is 1.79. The van der Waals surface area contributed by atoms with Crippen LogP contribution in [-0.4, -0.2) is 44.2 Å². The third kappa shape index (κ3) is 8.01. The molecule has 0 fully saturated rings. The Hall–Kier alpha value is -0.340. The van der Waals surface area contributed by atoms with E-state index in [0.29, 0.717) is 13.2 Å². The Morgan fingerprint density at radius 2 is 2.05 bits per heavy atom. The van der Waals surface area contributed by atoms with Crippen molar-refractivity contribution in [3.05, 3.63) is 34.3 Å². The fourth-order valence-corrected chi connectivity index (χ4v) is 2.20. The van der Waals surface area contributed by atoms with Crippen LogP contribution in [0.4, 0.5) is 0 Å². The molecule has 120 valence electrons. The smallest absolute Gasteiger partial charge is 0.194 e. The van der Waals surface area contributed by atoms with Gasteiger partial charge in [0, 0.05) is 31.2 Å². The molecule has 0 saturated carbocycles. The summed E-state index contributed by atoms with van der Waals surface area (Å²) in [5.74, 6) is 0.906. The van der Waals surface area contributed by atoms with Gasteiger partial charge >= 0.3 is 0 Å². The standard InChI is InChI=1S/C15H24BrN3O.HI/c1-4-17-15(18-10-11-20-5-2)19(3)12-13-8-6-7-9-14(13)16;/h6-9H,4-5,10-12H2,1-3H3,(H,17,18);1H.